The van der Waals surface area contributed by atoms with Gasteiger partial charge in [0.05, 0.1) is 0 Å². The van der Waals surface area contributed by atoms with E-state index in [0.717, 1.165) is 5.75 Å². The quantitative estimate of drug-likeness (QED) is 0.798. The number of aliphatic hydroxyl groups is 1. The van der Waals surface area contributed by atoms with Gasteiger partial charge >= 0.3 is 0 Å². The molecule has 7 heteroatoms. The van der Waals surface area contributed by atoms with Crippen LogP contribution in [0.25, 0.3) is 0 Å². The molecule has 1 heterocycles. The van der Waals surface area contributed by atoms with E-state index in [1.807, 2.05) is 6.26 Å². The number of hydrogen-bond acceptors (Lipinski definition) is 5. The van der Waals surface area contributed by atoms with Gasteiger partial charge in [-0.15, -0.1) is 0 Å². The highest BCUT2D eigenvalue weighted by Crippen LogP contribution is 2.14. The average Bonchev–Trinajstić information content (AvgIpc) is 2.42. The summed E-state index contributed by atoms with van der Waals surface area (Å²) in [6, 6.07) is 1.46. The van der Waals surface area contributed by atoms with E-state index in [2.05, 4.69) is 16.8 Å². The first-order chi connectivity index (χ1) is 9.02. The molecule has 0 fully saturated rings. The molecule has 1 N–H and O–H groups in total. The Balaban J connectivity index is 3.01. The Kier molecular flexibility index (Phi) is 6.31. The number of nitrogens with zero attached hydrogens (tertiary/aromatic N) is 2. The van der Waals surface area contributed by atoms with Crippen molar-refractivity contribution < 1.29 is 13.5 Å². The van der Waals surface area contributed by atoms with E-state index in [1.54, 1.807) is 11.8 Å². The van der Waals surface area contributed by atoms with Crippen molar-refractivity contribution in [3.63, 3.8) is 0 Å². The van der Waals surface area contributed by atoms with Gasteiger partial charge in [0, 0.05) is 37.3 Å². The van der Waals surface area contributed by atoms with Crippen molar-refractivity contribution in [2.45, 2.75) is 4.90 Å². The van der Waals surface area contributed by atoms with Gasteiger partial charge < -0.3 is 5.11 Å². The molecule has 19 heavy (non-hydrogen) atoms. The molecule has 0 saturated heterocycles. The second kappa shape index (κ2) is 7.50. The minimum Gasteiger partial charge on any atom is -0.384 e. The van der Waals surface area contributed by atoms with Crippen molar-refractivity contribution in [1.82, 2.24) is 9.29 Å². The van der Waals surface area contributed by atoms with Crippen LogP contribution in [-0.4, -0.2) is 55.0 Å². The molecule has 0 bridgehead atoms. The summed E-state index contributed by atoms with van der Waals surface area (Å²) >= 11 is 1.58. The summed E-state index contributed by atoms with van der Waals surface area (Å²) in [5.41, 5.74) is 0.466. The predicted molar refractivity (Wildman–Crippen MR) is 76.4 cm³/mol. The third-order valence-electron chi connectivity index (χ3n) is 2.34. The third kappa shape index (κ3) is 4.51. The van der Waals surface area contributed by atoms with Gasteiger partial charge in [-0.05, 0) is 12.3 Å². The van der Waals surface area contributed by atoms with Crippen LogP contribution < -0.4 is 0 Å². The molecule has 0 aliphatic heterocycles. The fourth-order valence-electron chi connectivity index (χ4n) is 1.29. The smallest absolute Gasteiger partial charge is 0.244 e. The fraction of sp³-hybridized carbons (Fsp3) is 0.417. The molecule has 1 rings (SSSR count). The summed E-state index contributed by atoms with van der Waals surface area (Å²) in [6.07, 6.45) is 4.69. The summed E-state index contributed by atoms with van der Waals surface area (Å²) in [5, 5.41) is 8.62. The topological polar surface area (TPSA) is 70.5 Å². The van der Waals surface area contributed by atoms with E-state index in [9.17, 15) is 8.42 Å². The highest BCUT2D eigenvalue weighted by atomic mass is 32.2. The Labute approximate surface area is 118 Å². The first kappa shape index (κ1) is 16.0. The zero-order valence-corrected chi connectivity index (χ0v) is 12.5. The number of rotatable bonds is 5. The number of aliphatic hydroxyl groups excluding tert-OH is 1. The Bertz CT molecular complexity index is 576. The number of pyridine rings is 1. The summed E-state index contributed by atoms with van der Waals surface area (Å²) in [7, 11) is -1.99. The molecule has 1 aromatic rings. The molecule has 5 nitrogen and oxygen atoms in total. The molecule has 0 atom stereocenters. The normalized spacial score (nSPS) is 11.2. The summed E-state index contributed by atoms with van der Waals surface area (Å²) in [4.78, 5) is 3.98. The lowest BCUT2D eigenvalue weighted by atomic mass is 10.3. The van der Waals surface area contributed by atoms with Crippen molar-refractivity contribution in [3.05, 3.63) is 24.0 Å². The van der Waals surface area contributed by atoms with Crippen LogP contribution in [0.4, 0.5) is 0 Å². The Morgan fingerprint density at radius 1 is 1.47 bits per heavy atom. The van der Waals surface area contributed by atoms with E-state index in [-0.39, 0.29) is 11.5 Å². The fourth-order valence-corrected chi connectivity index (χ4v) is 3.02. The van der Waals surface area contributed by atoms with Crippen LogP contribution in [0.1, 0.15) is 5.56 Å². The molecule has 0 amide bonds. The second-order valence-corrected chi connectivity index (χ2v) is 6.72. The third-order valence-corrected chi connectivity index (χ3v) is 4.76. The average molecular weight is 300 g/mol. The zero-order valence-electron chi connectivity index (χ0n) is 10.8. The van der Waals surface area contributed by atoms with Crippen LogP contribution in [0, 0.1) is 11.8 Å². The van der Waals surface area contributed by atoms with Crippen molar-refractivity contribution in [2.24, 2.45) is 0 Å². The Morgan fingerprint density at radius 3 is 2.84 bits per heavy atom. The van der Waals surface area contributed by atoms with Gasteiger partial charge in [0.2, 0.25) is 10.0 Å². The summed E-state index contributed by atoms with van der Waals surface area (Å²) in [5.74, 6) is 5.83. The van der Waals surface area contributed by atoms with Gasteiger partial charge in [0.25, 0.3) is 0 Å². The van der Waals surface area contributed by atoms with Gasteiger partial charge in [-0.2, -0.15) is 11.8 Å². The molecule has 0 radical (unpaired) electrons. The largest absolute Gasteiger partial charge is 0.384 e. The van der Waals surface area contributed by atoms with Crippen molar-refractivity contribution in [3.8, 4) is 11.8 Å². The Morgan fingerprint density at radius 2 is 2.21 bits per heavy atom. The van der Waals surface area contributed by atoms with Crippen LogP contribution in [0.5, 0.6) is 0 Å². The van der Waals surface area contributed by atoms with E-state index in [0.29, 0.717) is 12.1 Å². The zero-order chi connectivity index (χ0) is 14.3. The molecular weight excluding hydrogens is 284 g/mol. The number of aromatic nitrogens is 1. The molecular formula is C12H16N2O3S2. The van der Waals surface area contributed by atoms with E-state index in [4.69, 9.17) is 5.11 Å². The van der Waals surface area contributed by atoms with Crippen molar-refractivity contribution >= 4 is 21.8 Å². The molecule has 1 aromatic heterocycles. The maximum atomic E-state index is 12.2. The van der Waals surface area contributed by atoms with Crippen molar-refractivity contribution in [1.29, 1.82) is 0 Å². The maximum Gasteiger partial charge on any atom is 0.244 e. The van der Waals surface area contributed by atoms with Gasteiger partial charge in [0.1, 0.15) is 11.5 Å². The number of hydrogen-bond donors (Lipinski definition) is 1. The molecule has 0 aliphatic carbocycles. The standard InChI is InChI=1S/C12H16N2O3S2/c1-14(5-7-18-2)19(16,17)12-8-11(4-3-6-15)9-13-10-12/h8-10,15H,5-7H2,1-2H3. The van der Waals surface area contributed by atoms with Crippen LogP contribution in [0.15, 0.2) is 23.4 Å². The minimum atomic E-state index is -3.53. The Hall–Kier alpha value is -1.07. The molecule has 0 aromatic carbocycles. The number of sulfonamides is 1. The minimum absolute atomic E-state index is 0.112. The van der Waals surface area contributed by atoms with E-state index >= 15 is 0 Å². The predicted octanol–water partition coefficient (Wildman–Crippen LogP) is 0.409. The summed E-state index contributed by atoms with van der Waals surface area (Å²) < 4.78 is 25.8. The van der Waals surface area contributed by atoms with Crippen LogP contribution in [0.2, 0.25) is 0 Å². The lowest BCUT2D eigenvalue weighted by molar-refractivity contribution is 0.350. The SMILES string of the molecule is CSCCN(C)S(=O)(=O)c1cncc(C#CCO)c1. The van der Waals surface area contributed by atoms with Crippen LogP contribution in [-0.2, 0) is 10.0 Å². The molecule has 0 aliphatic rings. The van der Waals surface area contributed by atoms with Crippen LogP contribution in [0.3, 0.4) is 0 Å². The van der Waals surface area contributed by atoms with Gasteiger partial charge in [-0.1, -0.05) is 11.8 Å². The molecule has 0 spiro atoms. The molecule has 0 saturated carbocycles. The van der Waals surface area contributed by atoms with E-state index < -0.39 is 10.0 Å². The monoisotopic (exact) mass is 300 g/mol. The highest BCUT2D eigenvalue weighted by Gasteiger charge is 2.20. The molecule has 0 unspecified atom stereocenters. The van der Waals surface area contributed by atoms with E-state index in [1.165, 1.54) is 29.8 Å². The molecule has 104 valence electrons. The van der Waals surface area contributed by atoms with Crippen molar-refractivity contribution in [2.75, 3.05) is 32.2 Å². The highest BCUT2D eigenvalue weighted by molar-refractivity contribution is 7.98. The lowest BCUT2D eigenvalue weighted by Crippen LogP contribution is -2.29. The van der Waals surface area contributed by atoms with Crippen LogP contribution >= 0.6 is 11.8 Å². The van der Waals surface area contributed by atoms with Gasteiger partial charge in [-0.25, -0.2) is 12.7 Å². The number of thioether (sulfide) groups is 1. The first-order valence-electron chi connectivity index (χ1n) is 5.52. The maximum absolute atomic E-state index is 12.2. The van der Waals surface area contributed by atoms with Gasteiger partial charge in [0.15, 0.2) is 0 Å². The summed E-state index contributed by atoms with van der Waals surface area (Å²) in [6.45, 7) is 0.167. The van der Waals surface area contributed by atoms with Gasteiger partial charge in [-0.3, -0.25) is 4.98 Å². The lowest BCUT2D eigenvalue weighted by Gasteiger charge is -2.16. The second-order valence-electron chi connectivity index (χ2n) is 3.69. The first-order valence-corrected chi connectivity index (χ1v) is 8.36.